The van der Waals surface area contributed by atoms with Gasteiger partial charge in [-0.2, -0.15) is 50.5 Å². The Kier molecular flexibility index (Phi) is 17.8. The Balaban J connectivity index is 4.48. The fourth-order valence-electron chi connectivity index (χ4n) is 1.39. The van der Waals surface area contributed by atoms with Crippen LogP contribution in [0.15, 0.2) is 0 Å². The second-order valence-electron chi connectivity index (χ2n) is 4.79. The van der Waals surface area contributed by atoms with E-state index >= 15 is 0 Å². The van der Waals surface area contributed by atoms with E-state index in [2.05, 4.69) is 50.5 Å². The van der Waals surface area contributed by atoms with Gasteiger partial charge in [0.1, 0.15) is 25.4 Å². The lowest BCUT2D eigenvalue weighted by molar-refractivity contribution is -0.154. The number of ether oxygens (including phenoxy) is 4. The van der Waals surface area contributed by atoms with Crippen molar-refractivity contribution in [3.05, 3.63) is 0 Å². The van der Waals surface area contributed by atoms with Gasteiger partial charge < -0.3 is 18.9 Å². The second-order valence-corrected chi connectivity index (χ2v) is 8.61. The zero-order valence-electron chi connectivity index (χ0n) is 14.7. The fraction of sp³-hybridized carbons (Fsp3) is 0.714. The average molecular weight is 511 g/mol. The molecule has 0 aliphatic heterocycles. The van der Waals surface area contributed by atoms with Gasteiger partial charge in [0.15, 0.2) is 0 Å². The number of rotatable bonds is 15. The summed E-state index contributed by atoms with van der Waals surface area (Å²) in [6.45, 7) is -0.214. The van der Waals surface area contributed by atoms with Crippen molar-refractivity contribution >= 4 is 96.0 Å². The molecule has 0 aliphatic rings. The standard InChI is InChI=1S/C14H22O8S6/c15-11(3-23)19-1-9(21-13(17)5-25)7-27-28-8-10(22-14(18)6-26)2-20-12(16)4-24/h9-10,23-26H,1-8H2. The molecule has 0 aromatic rings. The minimum absolute atomic E-state index is 0.0850. The molecule has 0 radical (unpaired) electrons. The van der Waals surface area contributed by atoms with Crippen molar-refractivity contribution in [2.75, 3.05) is 47.7 Å². The molecule has 0 spiro atoms. The van der Waals surface area contributed by atoms with E-state index in [-0.39, 0.29) is 36.2 Å². The Hall–Kier alpha value is -0.0200. The van der Waals surface area contributed by atoms with Gasteiger partial charge in [-0.3, -0.25) is 19.2 Å². The topological polar surface area (TPSA) is 105 Å². The van der Waals surface area contributed by atoms with Crippen molar-refractivity contribution in [2.45, 2.75) is 12.2 Å². The number of thiol groups is 4. The largest absolute Gasteiger partial charge is 0.461 e. The Morgan fingerprint density at radius 1 is 0.607 bits per heavy atom. The summed E-state index contributed by atoms with van der Waals surface area (Å²) in [5.41, 5.74) is 0. The van der Waals surface area contributed by atoms with E-state index in [0.29, 0.717) is 11.5 Å². The van der Waals surface area contributed by atoms with Crippen molar-refractivity contribution < 1.29 is 38.1 Å². The molecule has 0 heterocycles. The first-order valence-electron chi connectivity index (χ1n) is 7.74. The molecule has 28 heavy (non-hydrogen) atoms. The molecule has 0 amide bonds. The maximum absolute atomic E-state index is 11.4. The molecular weight excluding hydrogens is 489 g/mol. The van der Waals surface area contributed by atoms with Gasteiger partial charge in [-0.25, -0.2) is 0 Å². The second kappa shape index (κ2) is 17.8. The molecule has 0 N–H and O–H groups in total. The lowest BCUT2D eigenvalue weighted by Crippen LogP contribution is -2.29. The Bertz CT molecular complexity index is 462. The van der Waals surface area contributed by atoms with E-state index in [1.54, 1.807) is 0 Å². The molecule has 0 aliphatic carbocycles. The van der Waals surface area contributed by atoms with Crippen LogP contribution < -0.4 is 0 Å². The zero-order valence-corrected chi connectivity index (χ0v) is 19.9. The summed E-state index contributed by atoms with van der Waals surface area (Å²) in [5.74, 6) is -1.89. The van der Waals surface area contributed by atoms with Crippen LogP contribution in [0.1, 0.15) is 0 Å². The van der Waals surface area contributed by atoms with Crippen LogP contribution in [0.25, 0.3) is 0 Å². The predicted molar refractivity (Wildman–Crippen MR) is 122 cm³/mol. The minimum atomic E-state index is -0.665. The molecule has 2 unspecified atom stereocenters. The average Bonchev–Trinajstić information content (AvgIpc) is 2.71. The van der Waals surface area contributed by atoms with Crippen molar-refractivity contribution in [1.82, 2.24) is 0 Å². The van der Waals surface area contributed by atoms with Gasteiger partial charge in [0.25, 0.3) is 0 Å². The van der Waals surface area contributed by atoms with Crippen molar-refractivity contribution in [1.29, 1.82) is 0 Å². The highest BCUT2D eigenvalue weighted by atomic mass is 33.1. The quantitative estimate of drug-likeness (QED) is 0.0838. The van der Waals surface area contributed by atoms with E-state index in [1.807, 2.05) is 0 Å². The minimum Gasteiger partial charge on any atom is -0.461 e. The first-order valence-corrected chi connectivity index (χ1v) is 12.8. The summed E-state index contributed by atoms with van der Waals surface area (Å²) in [4.78, 5) is 45.3. The fourth-order valence-corrected chi connectivity index (χ4v) is 4.03. The third-order valence-electron chi connectivity index (χ3n) is 2.56. The third kappa shape index (κ3) is 14.9. The summed E-state index contributed by atoms with van der Waals surface area (Å²) in [6.07, 6.45) is -1.33. The Morgan fingerprint density at radius 2 is 0.929 bits per heavy atom. The van der Waals surface area contributed by atoms with E-state index in [9.17, 15) is 19.2 Å². The van der Waals surface area contributed by atoms with E-state index in [4.69, 9.17) is 18.9 Å². The van der Waals surface area contributed by atoms with Crippen LogP contribution in [0, 0.1) is 0 Å². The third-order valence-corrected chi connectivity index (χ3v) is 6.10. The Morgan fingerprint density at radius 3 is 1.21 bits per heavy atom. The van der Waals surface area contributed by atoms with Gasteiger partial charge in [-0.15, -0.1) is 0 Å². The molecule has 0 saturated carbocycles. The monoisotopic (exact) mass is 510 g/mol. The van der Waals surface area contributed by atoms with Crippen molar-refractivity contribution in [2.24, 2.45) is 0 Å². The smallest absolute Gasteiger partial charge is 0.316 e. The molecule has 162 valence electrons. The summed E-state index contributed by atoms with van der Waals surface area (Å²) in [7, 11) is 2.63. The predicted octanol–water partition coefficient (Wildman–Crippen LogP) is 0.997. The number of esters is 4. The number of hydrogen-bond donors (Lipinski definition) is 4. The first kappa shape index (κ1) is 28.0. The van der Waals surface area contributed by atoms with Crippen molar-refractivity contribution in [3.8, 4) is 0 Å². The van der Waals surface area contributed by atoms with Gasteiger partial charge in [0.05, 0.1) is 23.0 Å². The molecule has 0 fully saturated rings. The molecule has 0 aromatic carbocycles. The molecule has 0 saturated heterocycles. The van der Waals surface area contributed by atoms with Gasteiger partial charge in [-0.1, -0.05) is 21.6 Å². The molecule has 14 heteroatoms. The van der Waals surface area contributed by atoms with Crippen LogP contribution >= 0.6 is 72.1 Å². The van der Waals surface area contributed by atoms with Gasteiger partial charge in [0.2, 0.25) is 0 Å². The van der Waals surface area contributed by atoms with Crippen LogP contribution in [0.3, 0.4) is 0 Å². The number of hydrogen-bond acceptors (Lipinski definition) is 14. The molecule has 0 rings (SSSR count). The molecule has 0 aromatic heterocycles. The summed E-state index contributed by atoms with van der Waals surface area (Å²) in [5, 5.41) is 0. The van der Waals surface area contributed by atoms with Gasteiger partial charge in [0, 0.05) is 11.5 Å². The van der Waals surface area contributed by atoms with Gasteiger partial charge in [-0.05, 0) is 0 Å². The maximum Gasteiger partial charge on any atom is 0.316 e. The maximum atomic E-state index is 11.4. The summed E-state index contributed by atoms with van der Waals surface area (Å²) >= 11 is 15.3. The molecule has 8 nitrogen and oxygen atoms in total. The highest BCUT2D eigenvalue weighted by Crippen LogP contribution is 2.25. The molecule has 0 bridgehead atoms. The number of carbonyl (C=O) groups excluding carboxylic acids is 4. The van der Waals surface area contributed by atoms with Crippen molar-refractivity contribution in [3.63, 3.8) is 0 Å². The lowest BCUT2D eigenvalue weighted by Gasteiger charge is -2.19. The van der Waals surface area contributed by atoms with Crippen LogP contribution in [0.2, 0.25) is 0 Å². The lowest BCUT2D eigenvalue weighted by atomic mass is 10.4. The van der Waals surface area contributed by atoms with Crippen LogP contribution in [-0.4, -0.2) is 83.8 Å². The van der Waals surface area contributed by atoms with E-state index < -0.39 is 36.1 Å². The SMILES string of the molecule is O=C(CS)OCC(CSSCC(COC(=O)CS)OC(=O)CS)OC(=O)CS. The van der Waals surface area contributed by atoms with Gasteiger partial charge >= 0.3 is 23.9 Å². The highest BCUT2D eigenvalue weighted by Gasteiger charge is 2.19. The Labute approximate surface area is 193 Å². The van der Waals surface area contributed by atoms with Crippen LogP contribution in [-0.2, 0) is 38.1 Å². The zero-order chi connectivity index (χ0) is 21.4. The van der Waals surface area contributed by atoms with Crippen LogP contribution in [0.4, 0.5) is 0 Å². The van der Waals surface area contributed by atoms with Crippen LogP contribution in [0.5, 0.6) is 0 Å². The first-order chi connectivity index (χ1) is 13.4. The number of carbonyl (C=O) groups is 4. The molecule has 2 atom stereocenters. The normalized spacial score (nSPS) is 12.6. The van der Waals surface area contributed by atoms with E-state index in [0.717, 1.165) is 0 Å². The highest BCUT2D eigenvalue weighted by molar-refractivity contribution is 8.76. The van der Waals surface area contributed by atoms with E-state index in [1.165, 1.54) is 21.6 Å². The summed E-state index contributed by atoms with van der Waals surface area (Å²) < 4.78 is 20.2. The molecular formula is C14H22O8S6. The summed E-state index contributed by atoms with van der Waals surface area (Å²) in [6, 6.07) is 0.